The van der Waals surface area contributed by atoms with Gasteiger partial charge in [0.1, 0.15) is 6.33 Å². The lowest BCUT2D eigenvalue weighted by Crippen LogP contribution is -2.03. The summed E-state index contributed by atoms with van der Waals surface area (Å²) in [4.78, 5) is 4.06. The number of nitrogens with two attached hydrogens (primary N) is 1. The smallest absolute Gasteiger partial charge is 0.164 e. The zero-order valence-corrected chi connectivity index (χ0v) is 9.75. The van der Waals surface area contributed by atoms with Gasteiger partial charge in [0.05, 0.1) is 16.9 Å². The van der Waals surface area contributed by atoms with E-state index in [1.54, 1.807) is 22.3 Å². The molecule has 0 unspecified atom stereocenters. The monoisotopic (exact) mass is 272 g/mol. The normalized spacial score (nSPS) is 10.7. The van der Waals surface area contributed by atoms with Crippen molar-refractivity contribution in [2.45, 2.75) is 13.1 Å². The lowest BCUT2D eigenvalue weighted by atomic mass is 10.3. The van der Waals surface area contributed by atoms with Crippen molar-refractivity contribution >= 4 is 27.3 Å². The fourth-order valence-electron chi connectivity index (χ4n) is 1.11. The summed E-state index contributed by atoms with van der Waals surface area (Å²) >= 11 is 5.15. The highest BCUT2D eigenvalue weighted by atomic mass is 79.9. The van der Waals surface area contributed by atoms with E-state index in [9.17, 15) is 0 Å². The molecule has 2 aromatic rings. The van der Waals surface area contributed by atoms with E-state index in [-0.39, 0.29) is 0 Å². The van der Waals surface area contributed by atoms with Crippen molar-refractivity contribution in [3.63, 3.8) is 0 Å². The second kappa shape index (κ2) is 4.20. The lowest BCUT2D eigenvalue weighted by molar-refractivity contribution is 0.672. The third-order valence-corrected chi connectivity index (χ3v) is 3.60. The third-order valence-electron chi connectivity index (χ3n) is 1.79. The van der Waals surface area contributed by atoms with Crippen molar-refractivity contribution in [2.24, 2.45) is 5.73 Å². The Hall–Kier alpha value is -0.720. The Morgan fingerprint density at radius 2 is 2.43 bits per heavy atom. The number of thiophene rings is 1. The summed E-state index contributed by atoms with van der Waals surface area (Å²) in [7, 11) is 0. The maximum Gasteiger partial charge on any atom is 0.164 e. The number of nitrogens with zero attached hydrogens (tertiary/aromatic N) is 3. The largest absolute Gasteiger partial charge is 0.324 e. The van der Waals surface area contributed by atoms with Crippen LogP contribution in [0.5, 0.6) is 0 Å². The molecule has 0 bridgehead atoms. The molecule has 2 heterocycles. The molecule has 0 aromatic carbocycles. The van der Waals surface area contributed by atoms with E-state index in [1.807, 2.05) is 5.38 Å². The molecule has 14 heavy (non-hydrogen) atoms. The summed E-state index contributed by atoms with van der Waals surface area (Å²) in [5, 5.41) is 6.25. The van der Waals surface area contributed by atoms with Gasteiger partial charge in [-0.1, -0.05) is 0 Å². The Morgan fingerprint density at radius 3 is 3.00 bits per heavy atom. The Labute approximate surface area is 93.9 Å². The molecular weight excluding hydrogens is 264 g/mol. The molecule has 0 spiro atoms. The number of hydrogen-bond acceptors (Lipinski definition) is 4. The van der Waals surface area contributed by atoms with Crippen LogP contribution < -0.4 is 5.73 Å². The third kappa shape index (κ3) is 2.02. The molecule has 0 saturated carbocycles. The second-order valence-electron chi connectivity index (χ2n) is 2.78. The van der Waals surface area contributed by atoms with Crippen LogP contribution >= 0.6 is 27.3 Å². The van der Waals surface area contributed by atoms with Crippen LogP contribution in [-0.2, 0) is 13.1 Å². The van der Waals surface area contributed by atoms with Gasteiger partial charge in [0.15, 0.2) is 5.82 Å². The molecule has 0 aliphatic heterocycles. The first-order valence-electron chi connectivity index (χ1n) is 4.10. The van der Waals surface area contributed by atoms with Gasteiger partial charge in [-0.15, -0.1) is 11.3 Å². The molecule has 0 aliphatic carbocycles. The molecule has 0 radical (unpaired) electrons. The van der Waals surface area contributed by atoms with Crippen LogP contribution in [0, 0.1) is 0 Å². The summed E-state index contributed by atoms with van der Waals surface area (Å²) in [5.41, 5.74) is 6.63. The van der Waals surface area contributed by atoms with Gasteiger partial charge in [-0.3, -0.25) is 0 Å². The first-order chi connectivity index (χ1) is 6.79. The topological polar surface area (TPSA) is 56.7 Å². The molecule has 0 amide bonds. The van der Waals surface area contributed by atoms with E-state index in [1.165, 1.54) is 5.56 Å². The Kier molecular flexibility index (Phi) is 2.95. The maximum absolute atomic E-state index is 5.42. The Bertz CT molecular complexity index is 422. The van der Waals surface area contributed by atoms with Gasteiger partial charge < -0.3 is 5.73 Å². The van der Waals surface area contributed by atoms with Gasteiger partial charge in [0, 0.05) is 0 Å². The molecule has 0 fully saturated rings. The predicted octanol–water partition coefficient (Wildman–Crippen LogP) is 1.61. The first kappa shape index (κ1) is 9.82. The maximum atomic E-state index is 5.42. The molecule has 2 N–H and O–H groups in total. The summed E-state index contributed by atoms with van der Waals surface area (Å²) in [6.45, 7) is 1.12. The molecule has 74 valence electrons. The minimum Gasteiger partial charge on any atom is -0.324 e. The average Bonchev–Trinajstić information content (AvgIpc) is 2.77. The van der Waals surface area contributed by atoms with Gasteiger partial charge >= 0.3 is 0 Å². The van der Waals surface area contributed by atoms with Gasteiger partial charge in [-0.05, 0) is 32.9 Å². The van der Waals surface area contributed by atoms with E-state index in [2.05, 4.69) is 32.1 Å². The van der Waals surface area contributed by atoms with Crippen molar-refractivity contribution in [1.29, 1.82) is 0 Å². The summed E-state index contributed by atoms with van der Waals surface area (Å²) < 4.78 is 2.93. The molecule has 2 rings (SSSR count). The molecule has 4 nitrogen and oxygen atoms in total. The van der Waals surface area contributed by atoms with Crippen molar-refractivity contribution in [1.82, 2.24) is 14.8 Å². The molecule has 0 aliphatic rings. The molecular formula is C8H9BrN4S. The highest BCUT2D eigenvalue weighted by molar-refractivity contribution is 9.11. The van der Waals surface area contributed by atoms with Crippen molar-refractivity contribution < 1.29 is 0 Å². The van der Waals surface area contributed by atoms with Gasteiger partial charge in [0.25, 0.3) is 0 Å². The van der Waals surface area contributed by atoms with E-state index >= 15 is 0 Å². The van der Waals surface area contributed by atoms with Crippen LogP contribution in [0.3, 0.4) is 0 Å². The number of rotatable bonds is 3. The standard InChI is InChI=1S/C8H9BrN4S/c9-8-6(1-2-14-8)4-13-5-11-7(3-10)12-13/h1-2,5H,3-4,10H2. The van der Waals surface area contributed by atoms with Gasteiger partial charge in [-0.25, -0.2) is 9.67 Å². The quantitative estimate of drug-likeness (QED) is 0.924. The van der Waals surface area contributed by atoms with E-state index in [0.717, 1.165) is 10.3 Å². The highest BCUT2D eigenvalue weighted by Crippen LogP contribution is 2.23. The van der Waals surface area contributed by atoms with E-state index in [0.29, 0.717) is 12.4 Å². The predicted molar refractivity (Wildman–Crippen MR) is 59.0 cm³/mol. The van der Waals surface area contributed by atoms with Crippen molar-refractivity contribution in [3.05, 3.63) is 32.9 Å². The first-order valence-corrected chi connectivity index (χ1v) is 5.77. The molecule has 2 aromatic heterocycles. The van der Waals surface area contributed by atoms with Crippen LogP contribution in [0.1, 0.15) is 11.4 Å². The molecule has 0 saturated heterocycles. The minimum absolute atomic E-state index is 0.387. The van der Waals surface area contributed by atoms with Gasteiger partial charge in [0.2, 0.25) is 0 Å². The van der Waals surface area contributed by atoms with E-state index in [4.69, 9.17) is 5.73 Å². The molecule has 0 atom stereocenters. The lowest BCUT2D eigenvalue weighted by Gasteiger charge is -1.97. The van der Waals surface area contributed by atoms with Crippen molar-refractivity contribution in [2.75, 3.05) is 0 Å². The average molecular weight is 273 g/mol. The zero-order chi connectivity index (χ0) is 9.97. The zero-order valence-electron chi connectivity index (χ0n) is 7.35. The summed E-state index contributed by atoms with van der Waals surface area (Å²) in [6.07, 6.45) is 1.70. The SMILES string of the molecule is NCc1ncn(Cc2ccsc2Br)n1. The van der Waals surface area contributed by atoms with Gasteiger partial charge in [-0.2, -0.15) is 5.10 Å². The van der Waals surface area contributed by atoms with Crippen molar-refractivity contribution in [3.8, 4) is 0 Å². The molecule has 6 heteroatoms. The number of aromatic nitrogens is 3. The Morgan fingerprint density at radius 1 is 1.57 bits per heavy atom. The second-order valence-corrected chi connectivity index (χ2v) is 5.02. The summed E-state index contributed by atoms with van der Waals surface area (Å²) in [6, 6.07) is 2.07. The van der Waals surface area contributed by atoms with Crippen LogP contribution in [0.15, 0.2) is 21.6 Å². The van der Waals surface area contributed by atoms with Crippen LogP contribution in [0.4, 0.5) is 0 Å². The fourth-order valence-corrected chi connectivity index (χ4v) is 2.33. The fraction of sp³-hybridized carbons (Fsp3) is 0.250. The highest BCUT2D eigenvalue weighted by Gasteiger charge is 2.03. The van der Waals surface area contributed by atoms with Crippen LogP contribution in [0.2, 0.25) is 0 Å². The van der Waals surface area contributed by atoms with Crippen LogP contribution in [0.25, 0.3) is 0 Å². The van der Waals surface area contributed by atoms with Crippen LogP contribution in [-0.4, -0.2) is 14.8 Å². The number of hydrogen-bond donors (Lipinski definition) is 1. The Balaban J connectivity index is 2.15. The summed E-state index contributed by atoms with van der Waals surface area (Å²) in [5.74, 6) is 0.677. The minimum atomic E-state index is 0.387. The van der Waals surface area contributed by atoms with E-state index < -0.39 is 0 Å². The number of halogens is 1.